The van der Waals surface area contributed by atoms with Crippen LogP contribution >= 0.6 is 0 Å². The zero-order valence-corrected chi connectivity index (χ0v) is 17.4. The van der Waals surface area contributed by atoms with Gasteiger partial charge in [0.1, 0.15) is 12.4 Å². The summed E-state index contributed by atoms with van der Waals surface area (Å²) >= 11 is 0. The van der Waals surface area contributed by atoms with Crippen LogP contribution in [0.2, 0.25) is 0 Å². The lowest BCUT2D eigenvalue weighted by Gasteiger charge is -2.17. The quantitative estimate of drug-likeness (QED) is 0.509. The number of likely N-dealkylation sites (N-methyl/N-ethyl adjacent to an activating group) is 1. The van der Waals surface area contributed by atoms with Crippen LogP contribution in [0, 0.1) is 0 Å². The first kappa shape index (κ1) is 21.3. The highest BCUT2D eigenvalue weighted by Gasteiger charge is 2.16. The normalized spacial score (nSPS) is 11.8. The molecule has 0 bridgehead atoms. The molecule has 0 spiro atoms. The smallest absolute Gasteiger partial charge is 0.307 e. The second-order valence-electron chi connectivity index (χ2n) is 7.33. The summed E-state index contributed by atoms with van der Waals surface area (Å²) in [4.78, 5) is 13.8. The molecule has 30 heavy (non-hydrogen) atoms. The van der Waals surface area contributed by atoms with Gasteiger partial charge in [0.15, 0.2) is 0 Å². The standard InChI is InChI=1S/C26H27NO3/c1-27(2)17-18-30-23-15-13-22(14-16-23)26(21-11-7-4-8-12-21)24(19-25(28)29)20-9-5-3-6-10-20/h3-16H,17-19H2,1-2H3,(H,28,29). The Labute approximate surface area is 178 Å². The Bertz CT molecular complexity index is 978. The summed E-state index contributed by atoms with van der Waals surface area (Å²) in [5, 5.41) is 9.62. The molecule has 0 heterocycles. The molecule has 4 heteroatoms. The largest absolute Gasteiger partial charge is 0.492 e. The third kappa shape index (κ3) is 5.82. The number of nitrogens with zero attached hydrogens (tertiary/aromatic N) is 1. The molecule has 0 aromatic heterocycles. The van der Waals surface area contributed by atoms with Gasteiger partial charge in [-0.2, -0.15) is 0 Å². The molecule has 0 aliphatic carbocycles. The Morgan fingerprint density at radius 3 is 1.87 bits per heavy atom. The lowest BCUT2D eigenvalue weighted by molar-refractivity contribution is -0.135. The molecule has 4 nitrogen and oxygen atoms in total. The summed E-state index contributed by atoms with van der Waals surface area (Å²) in [6, 6.07) is 27.5. The summed E-state index contributed by atoms with van der Waals surface area (Å²) in [5.74, 6) is -0.0570. The van der Waals surface area contributed by atoms with E-state index in [4.69, 9.17) is 4.74 Å². The molecule has 0 saturated carbocycles. The van der Waals surface area contributed by atoms with Crippen molar-refractivity contribution >= 4 is 17.1 Å². The Hall–Kier alpha value is -3.37. The molecule has 0 unspecified atom stereocenters. The SMILES string of the molecule is CN(C)CCOc1ccc(C(=C(CC(=O)O)c2ccccc2)c2ccccc2)cc1. The number of hydrogen-bond donors (Lipinski definition) is 1. The number of carboxylic acids is 1. The molecule has 154 valence electrons. The van der Waals surface area contributed by atoms with Gasteiger partial charge in [-0.15, -0.1) is 0 Å². The molecule has 3 aromatic rings. The lowest BCUT2D eigenvalue weighted by atomic mass is 9.88. The van der Waals surface area contributed by atoms with E-state index in [1.807, 2.05) is 99.0 Å². The van der Waals surface area contributed by atoms with E-state index in [0.717, 1.165) is 40.1 Å². The first-order chi connectivity index (χ1) is 14.5. The van der Waals surface area contributed by atoms with Crippen LogP contribution in [0.1, 0.15) is 23.1 Å². The molecule has 0 amide bonds. The van der Waals surface area contributed by atoms with Crippen LogP contribution in [0.5, 0.6) is 5.75 Å². The number of carboxylic acid groups (broad SMARTS) is 1. The van der Waals surface area contributed by atoms with Crippen LogP contribution < -0.4 is 4.74 Å². The number of aliphatic carboxylic acids is 1. The van der Waals surface area contributed by atoms with Gasteiger partial charge in [0.2, 0.25) is 0 Å². The second-order valence-corrected chi connectivity index (χ2v) is 7.33. The first-order valence-corrected chi connectivity index (χ1v) is 9.98. The van der Waals surface area contributed by atoms with E-state index in [1.165, 1.54) is 0 Å². The fraction of sp³-hybridized carbons (Fsp3) is 0.192. The van der Waals surface area contributed by atoms with Crippen molar-refractivity contribution in [1.29, 1.82) is 0 Å². The van der Waals surface area contributed by atoms with Crippen LogP contribution in [0.25, 0.3) is 11.1 Å². The minimum Gasteiger partial charge on any atom is -0.492 e. The van der Waals surface area contributed by atoms with E-state index >= 15 is 0 Å². The number of rotatable bonds is 9. The maximum atomic E-state index is 11.7. The van der Waals surface area contributed by atoms with Gasteiger partial charge in [-0.05, 0) is 54.1 Å². The molecule has 3 rings (SSSR count). The average Bonchev–Trinajstić information content (AvgIpc) is 2.75. The monoisotopic (exact) mass is 401 g/mol. The van der Waals surface area contributed by atoms with Gasteiger partial charge in [0.05, 0.1) is 6.42 Å². The molecular weight excluding hydrogens is 374 g/mol. The highest BCUT2D eigenvalue weighted by molar-refractivity contribution is 6.03. The lowest BCUT2D eigenvalue weighted by Crippen LogP contribution is -2.19. The summed E-state index contributed by atoms with van der Waals surface area (Å²) in [6.07, 6.45) is -0.0602. The highest BCUT2D eigenvalue weighted by Crippen LogP contribution is 2.35. The van der Waals surface area contributed by atoms with Crippen molar-refractivity contribution in [3.63, 3.8) is 0 Å². The number of carbonyl (C=O) groups is 1. The predicted molar refractivity (Wildman–Crippen MR) is 122 cm³/mol. The minimum atomic E-state index is -0.856. The highest BCUT2D eigenvalue weighted by atomic mass is 16.5. The predicted octanol–water partition coefficient (Wildman–Crippen LogP) is 5.06. The second kappa shape index (κ2) is 10.4. The van der Waals surface area contributed by atoms with Crippen molar-refractivity contribution in [2.24, 2.45) is 0 Å². The van der Waals surface area contributed by atoms with Crippen LogP contribution in [0.15, 0.2) is 84.9 Å². The molecule has 1 N–H and O–H groups in total. The topological polar surface area (TPSA) is 49.8 Å². The first-order valence-electron chi connectivity index (χ1n) is 9.98. The maximum absolute atomic E-state index is 11.7. The van der Waals surface area contributed by atoms with Crippen LogP contribution in [-0.2, 0) is 4.79 Å². The summed E-state index contributed by atoms with van der Waals surface area (Å²) in [7, 11) is 4.02. The van der Waals surface area contributed by atoms with E-state index in [-0.39, 0.29) is 6.42 Å². The van der Waals surface area contributed by atoms with Gasteiger partial charge >= 0.3 is 5.97 Å². The Morgan fingerprint density at radius 1 is 0.800 bits per heavy atom. The van der Waals surface area contributed by atoms with Gasteiger partial charge < -0.3 is 14.7 Å². The minimum absolute atomic E-state index is 0.0602. The van der Waals surface area contributed by atoms with Crippen molar-refractivity contribution in [2.45, 2.75) is 6.42 Å². The molecule has 0 fully saturated rings. The summed E-state index contributed by atoms with van der Waals surface area (Å²) < 4.78 is 5.82. The van der Waals surface area contributed by atoms with E-state index in [1.54, 1.807) is 0 Å². The van der Waals surface area contributed by atoms with E-state index in [2.05, 4.69) is 4.90 Å². The summed E-state index contributed by atoms with van der Waals surface area (Å²) in [5.41, 5.74) is 4.56. The third-order valence-corrected chi connectivity index (χ3v) is 4.76. The van der Waals surface area contributed by atoms with Gasteiger partial charge in [0.25, 0.3) is 0 Å². The Kier molecular flexibility index (Phi) is 7.41. The van der Waals surface area contributed by atoms with Gasteiger partial charge in [-0.1, -0.05) is 72.8 Å². The maximum Gasteiger partial charge on any atom is 0.307 e. The third-order valence-electron chi connectivity index (χ3n) is 4.76. The van der Waals surface area contributed by atoms with E-state index < -0.39 is 5.97 Å². The molecule has 3 aromatic carbocycles. The summed E-state index contributed by atoms with van der Waals surface area (Å²) in [6.45, 7) is 1.45. The van der Waals surface area contributed by atoms with Crippen molar-refractivity contribution in [3.05, 3.63) is 102 Å². The molecule has 0 radical (unpaired) electrons. The molecular formula is C26H27NO3. The van der Waals surface area contributed by atoms with Crippen molar-refractivity contribution in [2.75, 3.05) is 27.2 Å². The van der Waals surface area contributed by atoms with Crippen LogP contribution in [-0.4, -0.2) is 43.2 Å². The van der Waals surface area contributed by atoms with Gasteiger partial charge in [-0.25, -0.2) is 0 Å². The fourth-order valence-corrected chi connectivity index (χ4v) is 3.31. The van der Waals surface area contributed by atoms with Crippen molar-refractivity contribution < 1.29 is 14.6 Å². The van der Waals surface area contributed by atoms with E-state index in [0.29, 0.717) is 6.61 Å². The van der Waals surface area contributed by atoms with Gasteiger partial charge in [-0.3, -0.25) is 4.79 Å². The number of benzene rings is 3. The Balaban J connectivity index is 2.06. The van der Waals surface area contributed by atoms with Crippen molar-refractivity contribution in [3.8, 4) is 5.75 Å². The molecule has 0 aliphatic heterocycles. The number of ether oxygens (including phenoxy) is 1. The molecule has 0 saturated heterocycles. The fourth-order valence-electron chi connectivity index (χ4n) is 3.31. The number of hydrogen-bond acceptors (Lipinski definition) is 3. The molecule has 0 atom stereocenters. The van der Waals surface area contributed by atoms with Crippen molar-refractivity contribution in [1.82, 2.24) is 4.90 Å². The van der Waals surface area contributed by atoms with Crippen LogP contribution in [0.3, 0.4) is 0 Å². The Morgan fingerprint density at radius 2 is 1.33 bits per heavy atom. The molecule has 0 aliphatic rings. The zero-order valence-electron chi connectivity index (χ0n) is 17.4. The van der Waals surface area contributed by atoms with Crippen LogP contribution in [0.4, 0.5) is 0 Å². The van der Waals surface area contributed by atoms with Gasteiger partial charge in [0, 0.05) is 6.54 Å². The van der Waals surface area contributed by atoms with E-state index in [9.17, 15) is 9.90 Å². The average molecular weight is 402 g/mol. The zero-order chi connectivity index (χ0) is 21.3.